The standard InChI is InChI=1S/C28H38N4O2/c1-19(2)16-26(33)30-25-18-28(3,4)24-7-6-20(17-23(24)25)27(34)31(5)21-10-14-32(15-11-21)22-8-12-29-13-9-22/h6-9,12-13,17,19,21,25H,10-11,14-16,18H2,1-5H3,(H,30,33). The maximum atomic E-state index is 13.4. The largest absolute Gasteiger partial charge is 0.371 e. The van der Waals surface area contributed by atoms with Crippen LogP contribution in [-0.2, 0) is 10.2 Å². The molecule has 0 saturated carbocycles. The molecule has 4 rings (SSSR count). The number of carbonyl (C=O) groups excluding carboxylic acids is 2. The van der Waals surface area contributed by atoms with Crippen molar-refractivity contribution in [1.29, 1.82) is 0 Å². The minimum atomic E-state index is -0.0436. The second kappa shape index (κ2) is 9.77. The van der Waals surface area contributed by atoms with E-state index in [-0.39, 0.29) is 29.3 Å². The van der Waals surface area contributed by atoms with E-state index in [9.17, 15) is 9.59 Å². The van der Waals surface area contributed by atoms with Crippen LogP contribution in [0.4, 0.5) is 5.69 Å². The molecular weight excluding hydrogens is 424 g/mol. The third kappa shape index (κ3) is 5.11. The highest BCUT2D eigenvalue weighted by Gasteiger charge is 2.38. The maximum absolute atomic E-state index is 13.4. The van der Waals surface area contributed by atoms with Gasteiger partial charge in [-0.1, -0.05) is 33.8 Å². The van der Waals surface area contributed by atoms with E-state index in [0.29, 0.717) is 17.9 Å². The zero-order valence-corrected chi connectivity index (χ0v) is 21.2. The Morgan fingerprint density at radius 1 is 1.15 bits per heavy atom. The zero-order valence-electron chi connectivity index (χ0n) is 21.2. The quantitative estimate of drug-likeness (QED) is 0.675. The number of hydrogen-bond donors (Lipinski definition) is 1. The van der Waals surface area contributed by atoms with E-state index in [2.05, 4.69) is 49.0 Å². The molecule has 1 saturated heterocycles. The summed E-state index contributed by atoms with van der Waals surface area (Å²) in [6.07, 6.45) is 6.90. The first-order valence-corrected chi connectivity index (χ1v) is 12.5. The molecule has 6 heteroatoms. The van der Waals surface area contributed by atoms with Crippen molar-refractivity contribution in [3.63, 3.8) is 0 Å². The Morgan fingerprint density at radius 2 is 1.82 bits per heavy atom. The van der Waals surface area contributed by atoms with Gasteiger partial charge >= 0.3 is 0 Å². The van der Waals surface area contributed by atoms with Gasteiger partial charge < -0.3 is 15.1 Å². The van der Waals surface area contributed by atoms with Gasteiger partial charge in [0.2, 0.25) is 5.91 Å². The van der Waals surface area contributed by atoms with Crippen LogP contribution in [-0.4, -0.2) is 47.9 Å². The average molecular weight is 463 g/mol. The van der Waals surface area contributed by atoms with Crippen LogP contribution in [0.3, 0.4) is 0 Å². The summed E-state index contributed by atoms with van der Waals surface area (Å²) in [5, 5.41) is 3.23. The van der Waals surface area contributed by atoms with Crippen LogP contribution >= 0.6 is 0 Å². The number of pyridine rings is 1. The molecule has 2 aromatic rings. The number of fused-ring (bicyclic) bond motifs is 1. The molecule has 0 spiro atoms. The van der Waals surface area contributed by atoms with E-state index in [1.165, 1.54) is 11.3 Å². The number of piperidine rings is 1. The van der Waals surface area contributed by atoms with Gasteiger partial charge in [-0.25, -0.2) is 0 Å². The third-order valence-electron chi connectivity index (χ3n) is 7.41. The van der Waals surface area contributed by atoms with Gasteiger partial charge in [0.25, 0.3) is 5.91 Å². The van der Waals surface area contributed by atoms with Gasteiger partial charge in [-0.2, -0.15) is 0 Å². The lowest BCUT2D eigenvalue weighted by atomic mass is 9.86. The topological polar surface area (TPSA) is 65.5 Å². The molecule has 1 aromatic heterocycles. The van der Waals surface area contributed by atoms with Gasteiger partial charge in [0.15, 0.2) is 0 Å². The highest BCUT2D eigenvalue weighted by molar-refractivity contribution is 5.94. The molecule has 0 radical (unpaired) electrons. The van der Waals surface area contributed by atoms with Crippen LogP contribution in [0, 0.1) is 5.92 Å². The Hall–Kier alpha value is -2.89. The van der Waals surface area contributed by atoms with Crippen LogP contribution in [0.2, 0.25) is 0 Å². The molecule has 182 valence electrons. The number of amides is 2. The summed E-state index contributed by atoms with van der Waals surface area (Å²) in [6.45, 7) is 10.4. The number of anilines is 1. The molecule has 2 heterocycles. The van der Waals surface area contributed by atoms with Crippen molar-refractivity contribution < 1.29 is 9.59 Å². The van der Waals surface area contributed by atoms with E-state index in [1.807, 2.05) is 48.6 Å². The van der Waals surface area contributed by atoms with Crippen molar-refractivity contribution in [1.82, 2.24) is 15.2 Å². The van der Waals surface area contributed by atoms with Crippen LogP contribution in [0.25, 0.3) is 0 Å². The summed E-state index contributed by atoms with van der Waals surface area (Å²) < 4.78 is 0. The average Bonchev–Trinajstić information content (AvgIpc) is 3.07. The van der Waals surface area contributed by atoms with Crippen LogP contribution in [0.15, 0.2) is 42.7 Å². The predicted octanol–water partition coefficient (Wildman–Crippen LogP) is 4.71. The third-order valence-corrected chi connectivity index (χ3v) is 7.41. The van der Waals surface area contributed by atoms with Crippen molar-refractivity contribution in [2.75, 3.05) is 25.0 Å². The van der Waals surface area contributed by atoms with Gasteiger partial charge in [0.1, 0.15) is 0 Å². The van der Waals surface area contributed by atoms with Crippen molar-refractivity contribution in [2.45, 2.75) is 70.9 Å². The number of nitrogens with one attached hydrogen (secondary N) is 1. The fourth-order valence-corrected chi connectivity index (χ4v) is 5.52. The normalized spacial score (nSPS) is 19.7. The highest BCUT2D eigenvalue weighted by Crippen LogP contribution is 2.45. The first-order chi connectivity index (χ1) is 16.2. The smallest absolute Gasteiger partial charge is 0.253 e. The first kappa shape index (κ1) is 24.2. The predicted molar refractivity (Wildman–Crippen MR) is 136 cm³/mol. The molecule has 1 N–H and O–H groups in total. The Labute approximate surface area is 203 Å². The molecule has 6 nitrogen and oxygen atoms in total. The molecule has 1 aromatic carbocycles. The molecule has 1 aliphatic carbocycles. The monoisotopic (exact) mass is 462 g/mol. The lowest BCUT2D eigenvalue weighted by molar-refractivity contribution is -0.122. The Morgan fingerprint density at radius 3 is 2.47 bits per heavy atom. The molecule has 1 atom stereocenters. The van der Waals surface area contributed by atoms with Gasteiger partial charge in [0.05, 0.1) is 6.04 Å². The first-order valence-electron chi connectivity index (χ1n) is 12.5. The van der Waals surface area contributed by atoms with Crippen molar-refractivity contribution in [2.24, 2.45) is 5.92 Å². The van der Waals surface area contributed by atoms with Gasteiger partial charge in [-0.15, -0.1) is 0 Å². The SMILES string of the molecule is CC(C)CC(=O)NC1CC(C)(C)c2ccc(C(=O)N(C)C3CCN(c4ccncc4)CC3)cc21. The van der Waals surface area contributed by atoms with E-state index in [4.69, 9.17) is 0 Å². The fraction of sp³-hybridized carbons (Fsp3) is 0.536. The molecule has 2 aliphatic rings. The highest BCUT2D eigenvalue weighted by atomic mass is 16.2. The van der Waals surface area contributed by atoms with Crippen LogP contribution in [0.1, 0.15) is 80.9 Å². The van der Waals surface area contributed by atoms with Crippen molar-refractivity contribution >= 4 is 17.5 Å². The number of nitrogens with zero attached hydrogens (tertiary/aromatic N) is 3. The van der Waals surface area contributed by atoms with E-state index < -0.39 is 0 Å². The summed E-state index contributed by atoms with van der Waals surface area (Å²) in [7, 11) is 1.92. The molecule has 0 bridgehead atoms. The number of aromatic nitrogens is 1. The zero-order chi connectivity index (χ0) is 24.5. The summed E-state index contributed by atoms with van der Waals surface area (Å²) in [6, 6.07) is 10.3. The molecule has 1 aliphatic heterocycles. The Bertz CT molecular complexity index is 1030. The second-order valence-corrected chi connectivity index (χ2v) is 10.9. The molecule has 2 amide bonds. The number of rotatable bonds is 6. The van der Waals surface area contributed by atoms with Crippen molar-refractivity contribution in [3.8, 4) is 0 Å². The maximum Gasteiger partial charge on any atom is 0.253 e. The molecule has 34 heavy (non-hydrogen) atoms. The van der Waals surface area contributed by atoms with Gasteiger partial charge in [-0.3, -0.25) is 14.6 Å². The molecular formula is C28H38N4O2. The summed E-state index contributed by atoms with van der Waals surface area (Å²) >= 11 is 0. The minimum absolute atomic E-state index is 0.0294. The summed E-state index contributed by atoms with van der Waals surface area (Å²) in [4.78, 5) is 34.3. The van der Waals surface area contributed by atoms with Crippen LogP contribution < -0.4 is 10.2 Å². The number of carbonyl (C=O) groups is 2. The Balaban J connectivity index is 1.45. The molecule has 1 unspecified atom stereocenters. The lowest BCUT2D eigenvalue weighted by Crippen LogP contribution is -2.45. The lowest BCUT2D eigenvalue weighted by Gasteiger charge is -2.38. The number of benzene rings is 1. The number of hydrogen-bond acceptors (Lipinski definition) is 4. The minimum Gasteiger partial charge on any atom is -0.371 e. The molecule has 1 fully saturated rings. The van der Waals surface area contributed by atoms with Crippen LogP contribution in [0.5, 0.6) is 0 Å². The summed E-state index contributed by atoms with van der Waals surface area (Å²) in [5.74, 6) is 0.459. The summed E-state index contributed by atoms with van der Waals surface area (Å²) in [5.41, 5.74) is 4.19. The van der Waals surface area contributed by atoms with Gasteiger partial charge in [-0.05, 0) is 66.0 Å². The Kier molecular flexibility index (Phi) is 6.96. The van der Waals surface area contributed by atoms with Crippen molar-refractivity contribution in [3.05, 3.63) is 59.4 Å². The van der Waals surface area contributed by atoms with E-state index >= 15 is 0 Å². The van der Waals surface area contributed by atoms with E-state index in [0.717, 1.165) is 37.9 Å². The van der Waals surface area contributed by atoms with E-state index in [1.54, 1.807) is 0 Å². The fourth-order valence-electron chi connectivity index (χ4n) is 5.52. The van der Waals surface area contributed by atoms with Gasteiger partial charge in [0, 0.05) is 56.2 Å². The second-order valence-electron chi connectivity index (χ2n) is 10.9.